The molecule has 0 unspecified atom stereocenters. The number of oxime groups is 2. The van der Waals surface area contributed by atoms with E-state index in [1.54, 1.807) is 44.2 Å². The average molecular weight is 1410 g/mol. The molecule has 20 N–H and O–H groups in total. The molecule has 1 aromatic carbocycles. The van der Waals surface area contributed by atoms with Crippen LogP contribution >= 0.6 is 37.0 Å². The molecule has 1 aliphatic heterocycles. The van der Waals surface area contributed by atoms with Crippen molar-refractivity contribution in [3.05, 3.63) is 35.9 Å². The van der Waals surface area contributed by atoms with Gasteiger partial charge in [-0.25, -0.2) is 4.79 Å². The fourth-order valence-corrected chi connectivity index (χ4v) is 10.7. The van der Waals surface area contributed by atoms with Gasteiger partial charge in [0.05, 0.1) is 41.2 Å². The number of nitrogens with zero attached hydrogens (tertiary/aromatic N) is 2. The molecule has 7 atom stereocenters. The van der Waals surface area contributed by atoms with E-state index in [9.17, 15) is 77.9 Å². The van der Waals surface area contributed by atoms with Gasteiger partial charge in [-0.2, -0.15) is 25.3 Å². The van der Waals surface area contributed by atoms with Gasteiger partial charge in [0.1, 0.15) is 42.3 Å². The standard InChI is InChI=1S/C60H99N17O16S3/c1-35(76-92)59(3,4)67-26-21-37(22-27-68-60(5,6)36(2)77-93)20-25-64-47(79)19-12-18-46(78)63-23-11-10-16-40-53(86)73-43(31-94)56(89)71-39(17-13-24-65-58(62)91)52(85)66-30-48(80)70-42(29-50(82)83)55(88)74-44(32-95)57(90)72-41(28-38-14-8-7-9-15-38)54(87)75-45(51(61)84)33-96-34-49(81)69-40/h7-9,14-15,37,39-45,67-68,92-95H,10-13,16-34H2,1-6H3,(H2,61,84)(H,63,78)(H,64,79)(H,66,85)(H,69,81)(H,70,80)(H,71,89)(H,72,90)(H,73,86)(H,74,88)(H,75,87)(H,82,83)(H3,62,65,91)/b76-35-,77-36-/t39-,40-,41-,42-,43-,44-,45-/m0/s1. The summed E-state index contributed by atoms with van der Waals surface area (Å²) in [6.45, 7) is 11.9. The smallest absolute Gasteiger partial charge is 0.312 e. The highest BCUT2D eigenvalue weighted by Gasteiger charge is 2.34. The van der Waals surface area contributed by atoms with Crippen molar-refractivity contribution < 1.29 is 77.9 Å². The van der Waals surface area contributed by atoms with E-state index in [2.05, 4.69) is 105 Å². The van der Waals surface area contributed by atoms with Crippen molar-refractivity contribution in [2.45, 2.75) is 178 Å². The summed E-state index contributed by atoms with van der Waals surface area (Å²) < 4.78 is 0. The molecule has 36 heteroatoms. The summed E-state index contributed by atoms with van der Waals surface area (Å²) >= 11 is 9.27. The van der Waals surface area contributed by atoms with E-state index in [1.807, 2.05) is 27.7 Å². The van der Waals surface area contributed by atoms with E-state index in [-0.39, 0.29) is 100 Å². The molecule has 0 bridgehead atoms. The summed E-state index contributed by atoms with van der Waals surface area (Å²) in [5.41, 5.74) is 11.4. The molecule has 0 aliphatic carbocycles. The Kier molecular flexibility index (Phi) is 39.2. The number of rotatable bonds is 33. The van der Waals surface area contributed by atoms with Gasteiger partial charge < -0.3 is 96.1 Å². The van der Waals surface area contributed by atoms with Crippen LogP contribution in [0.5, 0.6) is 0 Å². The third-order valence-corrected chi connectivity index (χ3v) is 17.5. The van der Waals surface area contributed by atoms with E-state index >= 15 is 0 Å². The van der Waals surface area contributed by atoms with E-state index in [0.29, 0.717) is 43.0 Å². The van der Waals surface area contributed by atoms with E-state index in [1.165, 1.54) is 0 Å². The number of thiol groups is 2. The number of benzene rings is 1. The second kappa shape index (κ2) is 44.7. The number of carbonyl (C=O) groups is 13. The van der Waals surface area contributed by atoms with Crippen LogP contribution in [0, 0.1) is 5.92 Å². The van der Waals surface area contributed by atoms with Gasteiger partial charge in [-0.05, 0) is 124 Å². The highest BCUT2D eigenvalue weighted by molar-refractivity contribution is 8.00. The van der Waals surface area contributed by atoms with E-state index in [4.69, 9.17) is 11.5 Å². The second-order valence-corrected chi connectivity index (χ2v) is 25.8. The number of thioether (sulfide) groups is 1. The third kappa shape index (κ3) is 33.6. The Labute approximate surface area is 574 Å². The van der Waals surface area contributed by atoms with Crippen molar-refractivity contribution in [3.63, 3.8) is 0 Å². The van der Waals surface area contributed by atoms with Crippen LogP contribution < -0.4 is 80.6 Å². The van der Waals surface area contributed by atoms with Gasteiger partial charge in [0, 0.05) is 56.2 Å². The minimum absolute atomic E-state index is 0.0248. The predicted octanol–water partition coefficient (Wildman–Crippen LogP) is -2.45. The zero-order chi connectivity index (χ0) is 72.0. The van der Waals surface area contributed by atoms with Gasteiger partial charge in [0.25, 0.3) is 0 Å². The van der Waals surface area contributed by atoms with Gasteiger partial charge in [0.15, 0.2) is 0 Å². The largest absolute Gasteiger partial charge is 0.481 e. The first kappa shape index (κ1) is 84.1. The first-order chi connectivity index (χ1) is 45.4. The van der Waals surface area contributed by atoms with Gasteiger partial charge in [-0.3, -0.25) is 57.5 Å². The number of nitrogens with two attached hydrogens (primary N) is 2. The Morgan fingerprint density at radius 3 is 1.58 bits per heavy atom. The predicted molar refractivity (Wildman–Crippen MR) is 365 cm³/mol. The first-order valence-corrected chi connectivity index (χ1v) is 34.0. The van der Waals surface area contributed by atoms with Crippen LogP contribution in [0.2, 0.25) is 0 Å². The monoisotopic (exact) mass is 1410 g/mol. The van der Waals surface area contributed by atoms with Crippen molar-refractivity contribution in [1.82, 2.24) is 69.1 Å². The fraction of sp³-hybridized carbons (Fsp3) is 0.650. The molecule has 1 aromatic rings. The van der Waals surface area contributed by atoms with Crippen LogP contribution in [0.3, 0.4) is 0 Å². The van der Waals surface area contributed by atoms with Gasteiger partial charge in [-0.1, -0.05) is 40.6 Å². The minimum atomic E-state index is -1.85. The van der Waals surface area contributed by atoms with Crippen LogP contribution in [-0.2, 0) is 64.0 Å². The molecule has 13 amide bonds. The van der Waals surface area contributed by atoms with Crippen LogP contribution in [0.15, 0.2) is 40.6 Å². The van der Waals surface area contributed by atoms with Crippen LogP contribution in [0.4, 0.5) is 4.79 Å². The summed E-state index contributed by atoms with van der Waals surface area (Å²) in [7, 11) is 0. The number of aliphatic carboxylic acids is 1. The number of amides is 13. The van der Waals surface area contributed by atoms with Gasteiger partial charge in [-0.15, -0.1) is 11.8 Å². The lowest BCUT2D eigenvalue weighted by molar-refractivity contribution is -0.141. The van der Waals surface area contributed by atoms with Gasteiger partial charge >= 0.3 is 12.0 Å². The SMILES string of the molecule is C/C(=N/O)C(C)(C)NCCC(CCNC(=O)CCCC(=O)NCCCC[C@@H]1NC(=O)CSC[C@@H](C(N)=O)NC(=O)[C@H](Cc2ccccc2)NC(=O)[C@H](CS)NC(=O)[C@H](CC(=O)O)NC(=O)CNC(=O)[C@H](CCCNC(N)=O)NC(=O)[C@H](CS)NC1=O)CCNC(C)(C)/C(C)=N\O. The topological polar surface area (TPSA) is 516 Å². The maximum Gasteiger partial charge on any atom is 0.312 e. The summed E-state index contributed by atoms with van der Waals surface area (Å²) in [5, 5.41) is 69.3. The third-order valence-electron chi connectivity index (χ3n) is 15.7. The van der Waals surface area contributed by atoms with Crippen LogP contribution in [-0.4, -0.2) is 220 Å². The second-order valence-electron chi connectivity index (χ2n) is 24.0. The number of hydrogen-bond donors (Lipinski definition) is 20. The highest BCUT2D eigenvalue weighted by atomic mass is 32.2. The Morgan fingerprint density at radius 1 is 0.583 bits per heavy atom. The Balaban J connectivity index is 2.32. The first-order valence-electron chi connectivity index (χ1n) is 31.5. The van der Waals surface area contributed by atoms with Crippen LogP contribution in [0.25, 0.3) is 0 Å². The number of carboxylic acids is 1. The molecule has 538 valence electrons. The number of unbranched alkanes of at least 4 members (excludes halogenated alkanes) is 1. The van der Waals surface area contributed by atoms with Gasteiger partial charge in [0.2, 0.25) is 65.0 Å². The summed E-state index contributed by atoms with van der Waals surface area (Å²) in [4.78, 5) is 172. The zero-order valence-corrected chi connectivity index (χ0v) is 57.9. The zero-order valence-electron chi connectivity index (χ0n) is 55.3. The normalized spacial score (nSPS) is 21.0. The van der Waals surface area contributed by atoms with Crippen molar-refractivity contribution in [1.29, 1.82) is 0 Å². The lowest BCUT2D eigenvalue weighted by atomic mass is 9.94. The van der Waals surface area contributed by atoms with Crippen molar-refractivity contribution in [2.24, 2.45) is 27.7 Å². The molecule has 0 radical (unpaired) electrons. The fourth-order valence-electron chi connectivity index (χ4n) is 9.30. The molecular weight excluding hydrogens is 1310 g/mol. The molecule has 2 rings (SSSR count). The number of nitrogens with one attached hydrogen (secondary N) is 13. The molecule has 1 saturated heterocycles. The van der Waals surface area contributed by atoms with Crippen molar-refractivity contribution >= 4 is 125 Å². The van der Waals surface area contributed by atoms with Crippen molar-refractivity contribution in [2.75, 3.05) is 62.3 Å². The number of carbonyl (C=O) groups excluding carboxylic acids is 12. The molecule has 96 heavy (non-hydrogen) atoms. The molecule has 0 aromatic heterocycles. The van der Waals surface area contributed by atoms with Crippen LogP contribution in [0.1, 0.15) is 124 Å². The van der Waals surface area contributed by atoms with Crippen molar-refractivity contribution in [3.8, 4) is 0 Å². The highest BCUT2D eigenvalue weighted by Crippen LogP contribution is 2.17. The molecule has 1 fully saturated rings. The summed E-state index contributed by atoms with van der Waals surface area (Å²) in [5.74, 6) is -12.2. The maximum absolute atomic E-state index is 14.1. The Morgan fingerprint density at radius 2 is 1.05 bits per heavy atom. The number of urea groups is 1. The molecule has 1 heterocycles. The number of hydrogen-bond acceptors (Lipinski definition) is 22. The Bertz CT molecular complexity index is 2800. The molecule has 33 nitrogen and oxygen atoms in total. The average Bonchev–Trinajstić information content (AvgIpc) is 0.983. The lowest BCUT2D eigenvalue weighted by Gasteiger charge is -2.28. The molecule has 0 saturated carbocycles. The number of carboxylic acid groups (broad SMARTS) is 1. The number of primary amides is 2. The molecule has 0 spiro atoms. The van der Waals surface area contributed by atoms with E-state index in [0.717, 1.165) is 24.6 Å². The summed E-state index contributed by atoms with van der Waals surface area (Å²) in [6.07, 6.45) is 1.60. The van der Waals surface area contributed by atoms with E-state index < -0.39 is 143 Å². The quantitative estimate of drug-likeness (QED) is 0.0114. The Hall–Kier alpha value is -7.96. The minimum Gasteiger partial charge on any atom is -0.481 e. The summed E-state index contributed by atoms with van der Waals surface area (Å²) in [6, 6.07) is -3.14. The molecular formula is C60H99N17O16S3. The maximum atomic E-state index is 14.1. The lowest BCUT2D eigenvalue weighted by Crippen LogP contribution is -2.60. The molecule has 1 aliphatic rings.